The molecule has 1 rings (SSSR count). The molecule has 0 aromatic heterocycles. The molecule has 0 aliphatic carbocycles. The van der Waals surface area contributed by atoms with Crippen molar-refractivity contribution in [1.82, 2.24) is 5.32 Å². The van der Waals surface area contributed by atoms with E-state index in [1.54, 1.807) is 0 Å². The third kappa shape index (κ3) is 6.99. The molecule has 2 nitrogen and oxygen atoms in total. The van der Waals surface area contributed by atoms with Gasteiger partial charge in [-0.15, -0.1) is 0 Å². The van der Waals surface area contributed by atoms with E-state index in [2.05, 4.69) is 65.1 Å². The van der Waals surface area contributed by atoms with Crippen LogP contribution in [0.15, 0.2) is 24.3 Å². The highest BCUT2D eigenvalue weighted by Crippen LogP contribution is 2.24. The summed E-state index contributed by atoms with van der Waals surface area (Å²) < 4.78 is 5.78. The van der Waals surface area contributed by atoms with Crippen LogP contribution in [0.25, 0.3) is 0 Å². The Balaban J connectivity index is 2.62. The molecule has 0 radical (unpaired) electrons. The maximum Gasteiger partial charge on any atom is 0.119 e. The molecule has 2 heteroatoms. The van der Waals surface area contributed by atoms with Gasteiger partial charge in [0, 0.05) is 6.04 Å². The molecule has 1 aromatic rings. The number of hydrogen-bond acceptors (Lipinski definition) is 2. The van der Waals surface area contributed by atoms with Gasteiger partial charge in [0.1, 0.15) is 5.75 Å². The van der Waals surface area contributed by atoms with Crippen LogP contribution in [0, 0.1) is 5.41 Å². The van der Waals surface area contributed by atoms with Crippen molar-refractivity contribution in [1.29, 1.82) is 0 Å². The Hall–Kier alpha value is -1.02. The number of hydrogen-bond donors (Lipinski definition) is 1. The van der Waals surface area contributed by atoms with E-state index >= 15 is 0 Å². The first kappa shape index (κ1) is 18.0. The van der Waals surface area contributed by atoms with Crippen LogP contribution < -0.4 is 10.1 Å². The Morgan fingerprint density at radius 2 is 1.90 bits per heavy atom. The summed E-state index contributed by atoms with van der Waals surface area (Å²) in [7, 11) is 0. The van der Waals surface area contributed by atoms with Crippen molar-refractivity contribution in [2.75, 3.05) is 6.54 Å². The molecule has 0 aliphatic heterocycles. The van der Waals surface area contributed by atoms with Crippen molar-refractivity contribution in [2.24, 2.45) is 5.41 Å². The topological polar surface area (TPSA) is 21.3 Å². The molecular formula is C19H33NO. The van der Waals surface area contributed by atoms with Gasteiger partial charge in [-0.3, -0.25) is 0 Å². The monoisotopic (exact) mass is 291 g/mol. The van der Waals surface area contributed by atoms with Crippen LogP contribution in [0.2, 0.25) is 0 Å². The summed E-state index contributed by atoms with van der Waals surface area (Å²) in [6, 6.07) is 9.07. The Bertz CT molecular complexity index is 406. The lowest BCUT2D eigenvalue weighted by Gasteiger charge is -2.32. The first-order chi connectivity index (χ1) is 9.82. The number of aryl methyl sites for hydroxylation is 1. The summed E-state index contributed by atoms with van der Waals surface area (Å²) in [4.78, 5) is 0. The number of benzene rings is 1. The minimum Gasteiger partial charge on any atom is -0.491 e. The van der Waals surface area contributed by atoms with Crippen LogP contribution in [0.3, 0.4) is 0 Å². The molecule has 0 spiro atoms. The summed E-state index contributed by atoms with van der Waals surface area (Å²) in [5, 5.41) is 3.70. The van der Waals surface area contributed by atoms with Gasteiger partial charge in [0.2, 0.25) is 0 Å². The van der Waals surface area contributed by atoms with Crippen LogP contribution >= 0.6 is 0 Å². The van der Waals surface area contributed by atoms with Gasteiger partial charge in [0.25, 0.3) is 0 Å². The van der Waals surface area contributed by atoms with Gasteiger partial charge in [0.05, 0.1) is 6.10 Å². The van der Waals surface area contributed by atoms with E-state index in [0.29, 0.717) is 11.5 Å². The standard InChI is InChI=1S/C19H33NO/c1-7-13-20-18(19(4,5)6)12-11-16-9-8-10-17(14-16)21-15(2)3/h8-10,14-15,18,20H,7,11-13H2,1-6H3. The number of nitrogens with one attached hydrogen (secondary N) is 1. The maximum atomic E-state index is 5.78. The van der Waals surface area contributed by atoms with Crippen molar-refractivity contribution >= 4 is 0 Å². The molecule has 120 valence electrons. The fourth-order valence-electron chi connectivity index (χ4n) is 2.52. The summed E-state index contributed by atoms with van der Waals surface area (Å²) in [6.45, 7) is 14.4. The molecule has 1 atom stereocenters. The van der Waals surface area contributed by atoms with E-state index in [9.17, 15) is 0 Å². The Kier molecular flexibility index (Phi) is 7.24. The highest BCUT2D eigenvalue weighted by Gasteiger charge is 2.23. The molecule has 0 fully saturated rings. The lowest BCUT2D eigenvalue weighted by molar-refractivity contribution is 0.241. The van der Waals surface area contributed by atoms with Crippen molar-refractivity contribution < 1.29 is 4.74 Å². The molecule has 0 aliphatic rings. The third-order valence-corrected chi connectivity index (χ3v) is 3.68. The highest BCUT2D eigenvalue weighted by molar-refractivity contribution is 5.28. The quantitative estimate of drug-likeness (QED) is 0.741. The average molecular weight is 291 g/mol. The average Bonchev–Trinajstić information content (AvgIpc) is 2.37. The Morgan fingerprint density at radius 1 is 1.19 bits per heavy atom. The number of ether oxygens (including phenoxy) is 1. The zero-order valence-electron chi connectivity index (χ0n) is 14.7. The van der Waals surface area contributed by atoms with Gasteiger partial charge < -0.3 is 10.1 Å². The smallest absolute Gasteiger partial charge is 0.119 e. The van der Waals surface area contributed by atoms with E-state index in [0.717, 1.165) is 25.1 Å². The summed E-state index contributed by atoms with van der Waals surface area (Å²) >= 11 is 0. The maximum absolute atomic E-state index is 5.78. The van der Waals surface area contributed by atoms with Gasteiger partial charge in [-0.1, -0.05) is 39.8 Å². The minimum atomic E-state index is 0.230. The van der Waals surface area contributed by atoms with Crippen LogP contribution in [0.5, 0.6) is 5.75 Å². The first-order valence-corrected chi connectivity index (χ1v) is 8.32. The van der Waals surface area contributed by atoms with Gasteiger partial charge in [-0.2, -0.15) is 0 Å². The summed E-state index contributed by atoms with van der Waals surface area (Å²) in [6.07, 6.45) is 3.67. The van der Waals surface area contributed by atoms with E-state index in [1.165, 1.54) is 12.0 Å². The first-order valence-electron chi connectivity index (χ1n) is 8.32. The third-order valence-electron chi connectivity index (χ3n) is 3.68. The van der Waals surface area contributed by atoms with Gasteiger partial charge in [0.15, 0.2) is 0 Å². The second-order valence-electron chi connectivity index (χ2n) is 7.23. The fraction of sp³-hybridized carbons (Fsp3) is 0.684. The van der Waals surface area contributed by atoms with E-state index < -0.39 is 0 Å². The fourth-order valence-corrected chi connectivity index (χ4v) is 2.52. The largest absolute Gasteiger partial charge is 0.491 e. The molecule has 1 N–H and O–H groups in total. The van der Waals surface area contributed by atoms with Gasteiger partial charge >= 0.3 is 0 Å². The summed E-state index contributed by atoms with van der Waals surface area (Å²) in [5.74, 6) is 0.983. The van der Waals surface area contributed by atoms with Gasteiger partial charge in [-0.25, -0.2) is 0 Å². The predicted molar refractivity (Wildman–Crippen MR) is 92.1 cm³/mol. The minimum absolute atomic E-state index is 0.230. The second-order valence-corrected chi connectivity index (χ2v) is 7.23. The second kappa shape index (κ2) is 8.43. The van der Waals surface area contributed by atoms with E-state index in [4.69, 9.17) is 4.74 Å². The van der Waals surface area contributed by atoms with Crippen LogP contribution in [0.1, 0.15) is 59.9 Å². The lowest BCUT2D eigenvalue weighted by atomic mass is 9.83. The molecule has 1 unspecified atom stereocenters. The highest BCUT2D eigenvalue weighted by atomic mass is 16.5. The molecular weight excluding hydrogens is 258 g/mol. The van der Waals surface area contributed by atoms with Crippen molar-refractivity contribution in [2.45, 2.75) is 73.0 Å². The lowest BCUT2D eigenvalue weighted by Crippen LogP contribution is -2.41. The molecule has 0 saturated heterocycles. The van der Waals surface area contributed by atoms with Crippen molar-refractivity contribution in [3.8, 4) is 5.75 Å². The predicted octanol–water partition coefficient (Wildman–Crippen LogP) is 4.82. The molecule has 0 bridgehead atoms. The van der Waals surface area contributed by atoms with Crippen molar-refractivity contribution in [3.63, 3.8) is 0 Å². The molecule has 0 amide bonds. The molecule has 0 heterocycles. The SMILES string of the molecule is CCCNC(CCc1cccc(OC(C)C)c1)C(C)(C)C. The molecule has 1 aromatic carbocycles. The van der Waals surface area contributed by atoms with Crippen molar-refractivity contribution in [3.05, 3.63) is 29.8 Å². The van der Waals surface area contributed by atoms with Crippen LogP contribution in [-0.2, 0) is 6.42 Å². The molecule has 0 saturated carbocycles. The normalized spacial score (nSPS) is 13.5. The molecule has 21 heavy (non-hydrogen) atoms. The van der Waals surface area contributed by atoms with E-state index in [-0.39, 0.29) is 6.10 Å². The van der Waals surface area contributed by atoms with Gasteiger partial charge in [-0.05, 0) is 62.8 Å². The Labute approximate surface area is 131 Å². The number of rotatable bonds is 8. The summed E-state index contributed by atoms with van der Waals surface area (Å²) in [5.41, 5.74) is 1.65. The zero-order chi connectivity index (χ0) is 15.9. The van der Waals surface area contributed by atoms with Crippen LogP contribution in [0.4, 0.5) is 0 Å². The Morgan fingerprint density at radius 3 is 2.48 bits per heavy atom. The van der Waals surface area contributed by atoms with Crippen LogP contribution in [-0.4, -0.2) is 18.7 Å². The zero-order valence-corrected chi connectivity index (χ0v) is 14.7. The van der Waals surface area contributed by atoms with E-state index in [1.807, 2.05) is 6.07 Å².